The van der Waals surface area contributed by atoms with Gasteiger partial charge in [-0.05, 0) is 49.9 Å². The van der Waals surface area contributed by atoms with Crippen LogP contribution < -0.4 is 4.74 Å². The van der Waals surface area contributed by atoms with Crippen molar-refractivity contribution >= 4 is 15.9 Å². The van der Waals surface area contributed by atoms with Crippen molar-refractivity contribution in [1.82, 2.24) is 9.21 Å². The van der Waals surface area contributed by atoms with Gasteiger partial charge in [-0.2, -0.15) is 0 Å². The molecule has 1 aliphatic rings. The number of nitrogens with zero attached hydrogens (tertiary/aromatic N) is 2. The molecular formula is C18H28N2O4S. The molecule has 6 nitrogen and oxygen atoms in total. The third-order valence-corrected chi connectivity index (χ3v) is 6.86. The number of rotatable bonds is 5. The van der Waals surface area contributed by atoms with Crippen LogP contribution in [0.4, 0.5) is 0 Å². The number of hydrogen-bond donors (Lipinski definition) is 0. The van der Waals surface area contributed by atoms with Gasteiger partial charge in [-0.1, -0.05) is 6.92 Å². The standard InChI is InChI=1S/C18H28N2O4S/c1-5-13-25(22,23)20-10-6-9-19(11-12-20)18(21)16-7-8-17(24-4)15(3)14(16)2/h7-8H,5-6,9-13H2,1-4H3. The number of ether oxygens (including phenoxy) is 1. The van der Waals surface area contributed by atoms with Crippen molar-refractivity contribution in [2.75, 3.05) is 39.0 Å². The van der Waals surface area contributed by atoms with E-state index in [1.54, 1.807) is 18.1 Å². The highest BCUT2D eigenvalue weighted by Gasteiger charge is 2.27. The van der Waals surface area contributed by atoms with Crippen LogP contribution in [0, 0.1) is 13.8 Å². The number of benzene rings is 1. The van der Waals surface area contributed by atoms with E-state index < -0.39 is 10.0 Å². The van der Waals surface area contributed by atoms with Crippen LogP contribution in [0.15, 0.2) is 12.1 Å². The lowest BCUT2D eigenvalue weighted by Crippen LogP contribution is -2.38. The average Bonchev–Trinajstić information content (AvgIpc) is 2.83. The van der Waals surface area contributed by atoms with E-state index in [1.807, 2.05) is 26.8 Å². The van der Waals surface area contributed by atoms with E-state index in [4.69, 9.17) is 4.74 Å². The van der Waals surface area contributed by atoms with Crippen LogP contribution in [0.25, 0.3) is 0 Å². The molecular weight excluding hydrogens is 340 g/mol. The van der Waals surface area contributed by atoms with Gasteiger partial charge in [0, 0.05) is 31.7 Å². The van der Waals surface area contributed by atoms with Gasteiger partial charge in [0.15, 0.2) is 0 Å². The van der Waals surface area contributed by atoms with Gasteiger partial charge in [0.2, 0.25) is 10.0 Å². The van der Waals surface area contributed by atoms with Crippen molar-refractivity contribution in [3.63, 3.8) is 0 Å². The Balaban J connectivity index is 2.15. The summed E-state index contributed by atoms with van der Waals surface area (Å²) >= 11 is 0. The average molecular weight is 368 g/mol. The summed E-state index contributed by atoms with van der Waals surface area (Å²) in [6.07, 6.45) is 1.26. The lowest BCUT2D eigenvalue weighted by molar-refractivity contribution is 0.0763. The summed E-state index contributed by atoms with van der Waals surface area (Å²) in [5.74, 6) is 0.886. The first-order valence-electron chi connectivity index (χ1n) is 8.73. The topological polar surface area (TPSA) is 66.9 Å². The monoisotopic (exact) mass is 368 g/mol. The van der Waals surface area contributed by atoms with Gasteiger partial charge in [-0.15, -0.1) is 0 Å². The maximum absolute atomic E-state index is 12.9. The first kappa shape index (κ1) is 19.7. The highest BCUT2D eigenvalue weighted by molar-refractivity contribution is 7.89. The van der Waals surface area contributed by atoms with Gasteiger partial charge in [0.05, 0.1) is 12.9 Å². The Bertz CT molecular complexity index is 731. The highest BCUT2D eigenvalue weighted by atomic mass is 32.2. The van der Waals surface area contributed by atoms with Crippen molar-refractivity contribution in [2.45, 2.75) is 33.6 Å². The van der Waals surface area contributed by atoms with Crippen molar-refractivity contribution < 1.29 is 17.9 Å². The zero-order valence-corrected chi connectivity index (χ0v) is 16.4. The van der Waals surface area contributed by atoms with Gasteiger partial charge in [-0.25, -0.2) is 12.7 Å². The second-order valence-corrected chi connectivity index (χ2v) is 8.51. The molecule has 0 N–H and O–H groups in total. The lowest BCUT2D eigenvalue weighted by atomic mass is 10.0. The van der Waals surface area contributed by atoms with Crippen molar-refractivity contribution in [3.05, 3.63) is 28.8 Å². The molecule has 1 aromatic carbocycles. The molecule has 1 heterocycles. The van der Waals surface area contributed by atoms with Crippen LogP contribution in [-0.2, 0) is 10.0 Å². The molecule has 140 valence electrons. The fraction of sp³-hybridized carbons (Fsp3) is 0.611. The van der Waals surface area contributed by atoms with Gasteiger partial charge < -0.3 is 9.64 Å². The molecule has 0 saturated carbocycles. The minimum Gasteiger partial charge on any atom is -0.496 e. The van der Waals surface area contributed by atoms with E-state index in [2.05, 4.69) is 0 Å². The highest BCUT2D eigenvalue weighted by Crippen LogP contribution is 2.25. The number of carbonyl (C=O) groups is 1. The predicted molar refractivity (Wildman–Crippen MR) is 98.6 cm³/mol. The van der Waals surface area contributed by atoms with E-state index in [1.165, 1.54) is 4.31 Å². The summed E-state index contributed by atoms with van der Waals surface area (Å²) in [6.45, 7) is 7.55. The van der Waals surface area contributed by atoms with Crippen molar-refractivity contribution in [1.29, 1.82) is 0 Å². The second-order valence-electron chi connectivity index (χ2n) is 6.43. The first-order valence-corrected chi connectivity index (χ1v) is 10.3. The van der Waals surface area contributed by atoms with Crippen LogP contribution in [-0.4, -0.2) is 62.6 Å². The Kier molecular flexibility index (Phi) is 6.46. The minimum absolute atomic E-state index is 0.0435. The normalized spacial score (nSPS) is 16.6. The Morgan fingerprint density at radius 2 is 1.84 bits per heavy atom. The second kappa shape index (κ2) is 8.19. The van der Waals surface area contributed by atoms with E-state index in [9.17, 15) is 13.2 Å². The number of hydrogen-bond acceptors (Lipinski definition) is 4. The molecule has 1 amide bonds. The van der Waals surface area contributed by atoms with Crippen LogP contribution >= 0.6 is 0 Å². The SMILES string of the molecule is CCCS(=O)(=O)N1CCCN(C(=O)c2ccc(OC)c(C)c2C)CC1. The smallest absolute Gasteiger partial charge is 0.254 e. The van der Waals surface area contributed by atoms with Gasteiger partial charge in [0.1, 0.15) is 5.75 Å². The maximum Gasteiger partial charge on any atom is 0.254 e. The molecule has 25 heavy (non-hydrogen) atoms. The Hall–Kier alpha value is -1.60. The molecule has 0 spiro atoms. The Morgan fingerprint density at radius 3 is 2.48 bits per heavy atom. The fourth-order valence-electron chi connectivity index (χ4n) is 3.18. The van der Waals surface area contributed by atoms with Crippen LogP contribution in [0.2, 0.25) is 0 Å². The van der Waals surface area contributed by atoms with Gasteiger partial charge in [-0.3, -0.25) is 4.79 Å². The largest absolute Gasteiger partial charge is 0.496 e. The van der Waals surface area contributed by atoms with E-state index >= 15 is 0 Å². The molecule has 2 rings (SSSR count). The van der Waals surface area contributed by atoms with Crippen LogP contribution in [0.1, 0.15) is 41.3 Å². The zero-order valence-electron chi connectivity index (χ0n) is 15.5. The lowest BCUT2D eigenvalue weighted by Gasteiger charge is -2.23. The minimum atomic E-state index is -3.22. The summed E-state index contributed by atoms with van der Waals surface area (Å²) < 4.78 is 31.4. The summed E-state index contributed by atoms with van der Waals surface area (Å²) in [5.41, 5.74) is 2.52. The Labute approximate surface area is 150 Å². The third-order valence-electron chi connectivity index (χ3n) is 4.79. The zero-order chi connectivity index (χ0) is 18.6. The number of carbonyl (C=O) groups excluding carboxylic acids is 1. The summed E-state index contributed by atoms with van der Waals surface area (Å²) in [7, 11) is -1.60. The molecule has 1 aromatic rings. The molecule has 1 fully saturated rings. The molecule has 0 aliphatic carbocycles. The van der Waals surface area contributed by atoms with Gasteiger partial charge >= 0.3 is 0 Å². The summed E-state index contributed by atoms with van der Waals surface area (Å²) in [4.78, 5) is 14.7. The van der Waals surface area contributed by atoms with E-state index in [-0.39, 0.29) is 11.7 Å². The van der Waals surface area contributed by atoms with Crippen molar-refractivity contribution in [3.8, 4) is 5.75 Å². The van der Waals surface area contributed by atoms with Crippen molar-refractivity contribution in [2.24, 2.45) is 0 Å². The molecule has 0 unspecified atom stereocenters. The molecule has 0 aromatic heterocycles. The molecule has 7 heteroatoms. The number of methoxy groups -OCH3 is 1. The van der Waals surface area contributed by atoms with Crippen LogP contribution in [0.5, 0.6) is 5.75 Å². The molecule has 0 bridgehead atoms. The van der Waals surface area contributed by atoms with Crippen LogP contribution in [0.3, 0.4) is 0 Å². The third kappa shape index (κ3) is 4.33. The first-order chi connectivity index (χ1) is 11.8. The summed E-state index contributed by atoms with van der Waals surface area (Å²) in [5, 5.41) is 0. The van der Waals surface area contributed by atoms with Gasteiger partial charge in [0.25, 0.3) is 5.91 Å². The quantitative estimate of drug-likeness (QED) is 0.799. The molecule has 1 aliphatic heterocycles. The summed E-state index contributed by atoms with van der Waals surface area (Å²) in [6, 6.07) is 3.60. The fourth-order valence-corrected chi connectivity index (χ4v) is 4.72. The van der Waals surface area contributed by atoms with E-state index in [0.717, 1.165) is 16.9 Å². The molecule has 0 radical (unpaired) electrons. The number of amides is 1. The molecule has 0 atom stereocenters. The Morgan fingerprint density at radius 1 is 1.12 bits per heavy atom. The van der Waals surface area contributed by atoms with E-state index in [0.29, 0.717) is 44.6 Å². The maximum atomic E-state index is 12.9. The predicted octanol–water partition coefficient (Wildman–Crippen LogP) is 2.20. The molecule has 1 saturated heterocycles. The number of sulfonamides is 1.